The van der Waals surface area contributed by atoms with Gasteiger partial charge in [-0.05, 0) is 29.3 Å². The highest BCUT2D eigenvalue weighted by Crippen LogP contribution is 2.34. The van der Waals surface area contributed by atoms with E-state index < -0.39 is 5.60 Å². The Morgan fingerprint density at radius 3 is 2.26 bits per heavy atom. The summed E-state index contributed by atoms with van der Waals surface area (Å²) in [5.41, 5.74) is 2.22. The van der Waals surface area contributed by atoms with E-state index in [1.807, 2.05) is 91.0 Å². The van der Waals surface area contributed by atoms with Crippen molar-refractivity contribution in [2.45, 2.75) is 5.60 Å². The Morgan fingerprint density at radius 2 is 1.52 bits per heavy atom. The molecule has 0 aliphatic carbocycles. The quantitative estimate of drug-likeness (QED) is 0.575. The fraction of sp³-hybridized carbons (Fsp3) is 0.0435. The van der Waals surface area contributed by atoms with Crippen molar-refractivity contribution in [3.63, 3.8) is 0 Å². The molecule has 0 aliphatic rings. The van der Waals surface area contributed by atoms with Crippen LogP contribution in [-0.2, 0) is 5.60 Å². The van der Waals surface area contributed by atoms with E-state index in [4.69, 9.17) is 0 Å². The van der Waals surface area contributed by atoms with Gasteiger partial charge in [0.25, 0.3) is 0 Å². The largest absolute Gasteiger partial charge is 0.375 e. The zero-order chi connectivity index (χ0) is 18.7. The minimum absolute atomic E-state index is 0.412. The number of hydrogen-bond donors (Lipinski definition) is 1. The lowest BCUT2D eigenvalue weighted by atomic mass is 9.89. The average molecular weight is 353 g/mol. The first-order valence-corrected chi connectivity index (χ1v) is 8.71. The Balaban J connectivity index is 1.83. The molecule has 3 aromatic carbocycles. The van der Waals surface area contributed by atoms with Crippen LogP contribution in [0.2, 0.25) is 0 Å². The molecule has 0 bridgehead atoms. The highest BCUT2D eigenvalue weighted by molar-refractivity contribution is 5.79. The van der Waals surface area contributed by atoms with Gasteiger partial charge in [-0.15, -0.1) is 5.10 Å². The van der Waals surface area contributed by atoms with E-state index in [2.05, 4.69) is 16.9 Å². The van der Waals surface area contributed by atoms with Crippen molar-refractivity contribution in [3.8, 4) is 0 Å². The highest BCUT2D eigenvalue weighted by Gasteiger charge is 2.32. The van der Waals surface area contributed by atoms with Crippen LogP contribution in [0.5, 0.6) is 0 Å². The zero-order valence-electron chi connectivity index (χ0n) is 14.7. The van der Waals surface area contributed by atoms with Crippen LogP contribution in [0.25, 0.3) is 22.8 Å². The fourth-order valence-corrected chi connectivity index (χ4v) is 3.06. The van der Waals surface area contributed by atoms with Crippen molar-refractivity contribution in [2.75, 3.05) is 0 Å². The number of nitrogens with zero attached hydrogens (tertiary/aromatic N) is 3. The van der Waals surface area contributed by atoms with Gasteiger partial charge < -0.3 is 5.11 Å². The summed E-state index contributed by atoms with van der Waals surface area (Å²) in [6, 6.07) is 26.9. The van der Waals surface area contributed by atoms with Crippen molar-refractivity contribution in [3.05, 3.63) is 109 Å². The van der Waals surface area contributed by atoms with Crippen molar-refractivity contribution in [1.82, 2.24) is 15.0 Å². The molecule has 1 atom stereocenters. The van der Waals surface area contributed by atoms with Gasteiger partial charge >= 0.3 is 0 Å². The van der Waals surface area contributed by atoms with E-state index >= 15 is 0 Å². The summed E-state index contributed by atoms with van der Waals surface area (Å²) >= 11 is 0. The fourth-order valence-electron chi connectivity index (χ4n) is 3.06. The van der Waals surface area contributed by atoms with Gasteiger partial charge in [-0.3, -0.25) is 0 Å². The minimum atomic E-state index is -1.44. The summed E-state index contributed by atoms with van der Waals surface area (Å²) in [6.45, 7) is 4.17. The Bertz CT molecular complexity index is 1100. The second-order valence-electron chi connectivity index (χ2n) is 6.31. The molecule has 27 heavy (non-hydrogen) atoms. The van der Waals surface area contributed by atoms with Gasteiger partial charge in [0.05, 0.1) is 11.2 Å². The van der Waals surface area contributed by atoms with Crippen molar-refractivity contribution in [1.29, 1.82) is 0 Å². The van der Waals surface area contributed by atoms with Crippen LogP contribution in [0.3, 0.4) is 0 Å². The number of hydrogen-bond acceptors (Lipinski definition) is 3. The second-order valence-corrected chi connectivity index (χ2v) is 6.31. The molecule has 0 amide bonds. The molecule has 0 aliphatic heterocycles. The molecular formula is C23H19N3O. The molecule has 1 aromatic heterocycles. The maximum absolute atomic E-state index is 11.7. The zero-order valence-corrected chi connectivity index (χ0v) is 14.7. The van der Waals surface area contributed by atoms with Gasteiger partial charge in [0.15, 0.2) is 0 Å². The predicted molar refractivity (Wildman–Crippen MR) is 109 cm³/mol. The smallest absolute Gasteiger partial charge is 0.150 e. The molecule has 0 radical (unpaired) electrons. The molecule has 1 unspecified atom stereocenters. The molecule has 132 valence electrons. The van der Waals surface area contributed by atoms with E-state index in [-0.39, 0.29) is 0 Å². The first-order chi connectivity index (χ1) is 13.2. The lowest BCUT2D eigenvalue weighted by molar-refractivity contribution is 0.148. The lowest BCUT2D eigenvalue weighted by Gasteiger charge is -2.27. The summed E-state index contributed by atoms with van der Waals surface area (Å²) in [5.74, 6) is 0. The van der Waals surface area contributed by atoms with E-state index in [9.17, 15) is 5.11 Å². The third kappa shape index (κ3) is 3.18. The van der Waals surface area contributed by atoms with Gasteiger partial charge in [-0.2, -0.15) is 0 Å². The van der Waals surface area contributed by atoms with E-state index in [0.29, 0.717) is 11.3 Å². The highest BCUT2D eigenvalue weighted by atomic mass is 16.3. The van der Waals surface area contributed by atoms with Crippen LogP contribution in [0.15, 0.2) is 97.6 Å². The Labute approximate surface area is 157 Å². The average Bonchev–Trinajstić information content (AvgIpc) is 3.17. The summed E-state index contributed by atoms with van der Waals surface area (Å²) in [7, 11) is 0. The monoisotopic (exact) mass is 353 g/mol. The number of fused-ring (bicyclic) bond motifs is 1. The van der Waals surface area contributed by atoms with Gasteiger partial charge in [0.1, 0.15) is 11.1 Å². The molecule has 4 rings (SSSR count). The molecule has 0 fully saturated rings. The summed E-state index contributed by atoms with van der Waals surface area (Å²) < 4.78 is 1.59. The van der Waals surface area contributed by atoms with Crippen LogP contribution in [-0.4, -0.2) is 20.1 Å². The molecule has 0 saturated carbocycles. The second kappa shape index (κ2) is 7.02. The van der Waals surface area contributed by atoms with Crippen molar-refractivity contribution in [2.24, 2.45) is 0 Å². The van der Waals surface area contributed by atoms with Gasteiger partial charge in [-0.1, -0.05) is 90.7 Å². The number of para-hydroxylation sites is 1. The molecule has 0 spiro atoms. The van der Waals surface area contributed by atoms with Crippen LogP contribution in [0, 0.1) is 0 Å². The number of benzene rings is 3. The Kier molecular flexibility index (Phi) is 4.40. The topological polar surface area (TPSA) is 50.9 Å². The molecule has 4 aromatic rings. The third-order valence-electron chi connectivity index (χ3n) is 4.58. The molecule has 4 nitrogen and oxygen atoms in total. The van der Waals surface area contributed by atoms with Gasteiger partial charge in [0.2, 0.25) is 0 Å². The van der Waals surface area contributed by atoms with Gasteiger partial charge in [-0.25, -0.2) is 4.68 Å². The first kappa shape index (κ1) is 16.9. The maximum Gasteiger partial charge on any atom is 0.150 e. The standard InChI is InChI=1S/C23H19N3O/c1-18(26-22-15-9-8-14-21(22)24-25-26)23(27,20-12-6-3-7-13-20)17-16-19-10-4-2-5-11-19/h2-17,27H,1H2. The summed E-state index contributed by atoms with van der Waals surface area (Å²) in [5, 5.41) is 20.1. The molecule has 0 saturated heterocycles. The molecule has 1 heterocycles. The molecular weight excluding hydrogens is 334 g/mol. The van der Waals surface area contributed by atoms with Gasteiger partial charge in [0, 0.05) is 0 Å². The normalized spacial score (nSPS) is 13.7. The van der Waals surface area contributed by atoms with Crippen LogP contribution in [0.1, 0.15) is 11.1 Å². The Morgan fingerprint density at radius 1 is 0.889 bits per heavy atom. The van der Waals surface area contributed by atoms with Crippen LogP contribution < -0.4 is 0 Å². The van der Waals surface area contributed by atoms with E-state index in [1.54, 1.807) is 10.8 Å². The summed E-state index contributed by atoms with van der Waals surface area (Å²) in [4.78, 5) is 0. The van der Waals surface area contributed by atoms with Crippen molar-refractivity contribution >= 4 is 22.8 Å². The Hall–Kier alpha value is -3.50. The van der Waals surface area contributed by atoms with Crippen LogP contribution in [0.4, 0.5) is 0 Å². The summed E-state index contributed by atoms with van der Waals surface area (Å²) in [6.07, 6.45) is 3.63. The maximum atomic E-state index is 11.7. The van der Waals surface area contributed by atoms with Crippen molar-refractivity contribution < 1.29 is 5.11 Å². The minimum Gasteiger partial charge on any atom is -0.375 e. The number of aromatic nitrogens is 3. The third-order valence-corrected chi connectivity index (χ3v) is 4.58. The number of aliphatic hydroxyl groups is 1. The van der Waals surface area contributed by atoms with E-state index in [1.165, 1.54) is 0 Å². The molecule has 1 N–H and O–H groups in total. The predicted octanol–water partition coefficient (Wildman–Crippen LogP) is 4.50. The SMILES string of the molecule is C=C(n1nnc2ccccc21)C(O)(C=Cc1ccccc1)c1ccccc1. The lowest BCUT2D eigenvalue weighted by Crippen LogP contribution is -2.28. The van der Waals surface area contributed by atoms with Crippen LogP contribution >= 0.6 is 0 Å². The first-order valence-electron chi connectivity index (χ1n) is 8.71. The number of rotatable bonds is 5. The molecule has 4 heteroatoms. The van der Waals surface area contributed by atoms with E-state index in [0.717, 1.165) is 16.6 Å².